The van der Waals surface area contributed by atoms with E-state index >= 15 is 0 Å². The topological polar surface area (TPSA) is 90.4 Å². The highest BCUT2D eigenvalue weighted by atomic mass is 32.1. The lowest BCUT2D eigenvalue weighted by molar-refractivity contribution is -0.139. The standard InChI is InChI=1S/C13H13N3O4S/c1-19-11(17)5-10-8-21-12(15-10)16-13(18)20-7-9-3-2-4-14-6-9/h2-4,6,8H,5,7H2,1H3,(H,15,16,18). The Bertz CT molecular complexity index is 615. The molecule has 0 radical (unpaired) electrons. The molecule has 0 saturated heterocycles. The maximum absolute atomic E-state index is 11.6. The lowest BCUT2D eigenvalue weighted by Gasteiger charge is -2.04. The molecule has 0 saturated carbocycles. The van der Waals surface area contributed by atoms with Crippen LogP contribution in [0.15, 0.2) is 29.9 Å². The summed E-state index contributed by atoms with van der Waals surface area (Å²) in [6, 6.07) is 3.56. The number of hydrogen-bond donors (Lipinski definition) is 1. The second-order valence-electron chi connectivity index (χ2n) is 3.96. The Labute approximate surface area is 124 Å². The van der Waals surface area contributed by atoms with Gasteiger partial charge < -0.3 is 9.47 Å². The molecule has 0 unspecified atom stereocenters. The van der Waals surface area contributed by atoms with Crippen LogP contribution >= 0.6 is 11.3 Å². The molecule has 0 fully saturated rings. The van der Waals surface area contributed by atoms with Crippen molar-refractivity contribution in [1.29, 1.82) is 0 Å². The Morgan fingerprint density at radius 2 is 2.29 bits per heavy atom. The Balaban J connectivity index is 1.81. The summed E-state index contributed by atoms with van der Waals surface area (Å²) in [4.78, 5) is 30.7. The second kappa shape index (κ2) is 7.34. The summed E-state index contributed by atoms with van der Waals surface area (Å²) in [6.45, 7) is 0.125. The van der Waals surface area contributed by atoms with Gasteiger partial charge in [0.15, 0.2) is 5.13 Å². The molecular formula is C13H13N3O4S. The fourth-order valence-electron chi connectivity index (χ4n) is 1.42. The smallest absolute Gasteiger partial charge is 0.413 e. The van der Waals surface area contributed by atoms with Gasteiger partial charge in [0.25, 0.3) is 0 Å². The molecule has 2 aromatic rings. The molecule has 0 atom stereocenters. The number of pyridine rings is 1. The first-order chi connectivity index (χ1) is 10.2. The molecule has 1 N–H and O–H groups in total. The number of esters is 1. The molecule has 0 aliphatic rings. The maximum atomic E-state index is 11.6. The van der Waals surface area contributed by atoms with Gasteiger partial charge in [0.05, 0.1) is 19.2 Å². The van der Waals surface area contributed by atoms with E-state index in [0.717, 1.165) is 5.56 Å². The van der Waals surface area contributed by atoms with E-state index in [9.17, 15) is 9.59 Å². The van der Waals surface area contributed by atoms with Crippen molar-refractivity contribution in [3.63, 3.8) is 0 Å². The number of hydrogen-bond acceptors (Lipinski definition) is 7. The molecule has 21 heavy (non-hydrogen) atoms. The number of thiazole rings is 1. The highest BCUT2D eigenvalue weighted by Crippen LogP contribution is 2.16. The number of ether oxygens (including phenoxy) is 2. The molecule has 0 aromatic carbocycles. The monoisotopic (exact) mass is 307 g/mol. The molecule has 7 nitrogen and oxygen atoms in total. The van der Waals surface area contributed by atoms with Gasteiger partial charge in [0.1, 0.15) is 6.61 Å². The summed E-state index contributed by atoms with van der Waals surface area (Å²) in [5.74, 6) is -0.383. The van der Waals surface area contributed by atoms with Gasteiger partial charge in [-0.2, -0.15) is 0 Å². The number of rotatable bonds is 5. The minimum Gasteiger partial charge on any atom is -0.469 e. The molecule has 2 rings (SSSR count). The van der Waals surface area contributed by atoms with E-state index in [-0.39, 0.29) is 19.0 Å². The summed E-state index contributed by atoms with van der Waals surface area (Å²) in [5.41, 5.74) is 1.33. The molecule has 1 amide bonds. The van der Waals surface area contributed by atoms with E-state index in [4.69, 9.17) is 4.74 Å². The lowest BCUT2D eigenvalue weighted by Crippen LogP contribution is -2.13. The number of anilines is 1. The van der Waals surface area contributed by atoms with Crippen LogP contribution in [0.2, 0.25) is 0 Å². The van der Waals surface area contributed by atoms with Crippen molar-refractivity contribution < 1.29 is 19.1 Å². The Morgan fingerprint density at radius 3 is 3.00 bits per heavy atom. The van der Waals surface area contributed by atoms with Crippen LogP contribution in [0, 0.1) is 0 Å². The Hall–Kier alpha value is -2.48. The van der Waals surface area contributed by atoms with Gasteiger partial charge in [-0.25, -0.2) is 9.78 Å². The number of nitrogens with one attached hydrogen (secondary N) is 1. The highest BCUT2D eigenvalue weighted by Gasteiger charge is 2.10. The molecule has 0 spiro atoms. The maximum Gasteiger partial charge on any atom is 0.413 e. The fraction of sp³-hybridized carbons (Fsp3) is 0.231. The van der Waals surface area contributed by atoms with Crippen LogP contribution < -0.4 is 5.32 Å². The summed E-state index contributed by atoms with van der Waals surface area (Å²) in [5, 5.41) is 4.54. The van der Waals surface area contributed by atoms with Gasteiger partial charge in [0, 0.05) is 23.3 Å². The average Bonchev–Trinajstić information content (AvgIpc) is 2.93. The molecule has 0 aliphatic carbocycles. The minimum atomic E-state index is -0.613. The van der Waals surface area contributed by atoms with Crippen LogP contribution in [0.5, 0.6) is 0 Å². The zero-order valence-corrected chi connectivity index (χ0v) is 12.1. The molecular weight excluding hydrogens is 294 g/mol. The van der Waals surface area contributed by atoms with E-state index in [1.807, 2.05) is 0 Å². The fourth-order valence-corrected chi connectivity index (χ4v) is 2.12. The molecule has 110 valence electrons. The van der Waals surface area contributed by atoms with Gasteiger partial charge in [-0.3, -0.25) is 15.1 Å². The molecule has 8 heteroatoms. The van der Waals surface area contributed by atoms with Crippen molar-refractivity contribution in [2.75, 3.05) is 12.4 Å². The number of carbonyl (C=O) groups is 2. The first-order valence-electron chi connectivity index (χ1n) is 6.01. The van der Waals surface area contributed by atoms with Crippen molar-refractivity contribution in [2.24, 2.45) is 0 Å². The second-order valence-corrected chi connectivity index (χ2v) is 4.82. The first kappa shape index (κ1) is 14.9. The summed E-state index contributed by atoms with van der Waals surface area (Å²) in [6.07, 6.45) is 2.71. The minimum absolute atomic E-state index is 0.0689. The van der Waals surface area contributed by atoms with E-state index in [0.29, 0.717) is 10.8 Å². The Morgan fingerprint density at radius 1 is 1.43 bits per heavy atom. The zero-order chi connectivity index (χ0) is 15.1. The molecule has 2 aromatic heterocycles. The third kappa shape index (κ3) is 4.84. The van der Waals surface area contributed by atoms with E-state index < -0.39 is 6.09 Å². The highest BCUT2D eigenvalue weighted by molar-refractivity contribution is 7.13. The van der Waals surface area contributed by atoms with E-state index in [1.165, 1.54) is 18.4 Å². The van der Waals surface area contributed by atoms with Crippen LogP contribution in [-0.4, -0.2) is 29.1 Å². The lowest BCUT2D eigenvalue weighted by atomic mass is 10.3. The van der Waals surface area contributed by atoms with Crippen LogP contribution in [-0.2, 0) is 27.3 Å². The van der Waals surface area contributed by atoms with Crippen molar-refractivity contribution in [2.45, 2.75) is 13.0 Å². The van der Waals surface area contributed by atoms with E-state index in [2.05, 4.69) is 20.0 Å². The van der Waals surface area contributed by atoms with Crippen molar-refractivity contribution in [1.82, 2.24) is 9.97 Å². The number of carbonyl (C=O) groups excluding carboxylic acids is 2. The third-order valence-electron chi connectivity index (χ3n) is 2.41. The number of aromatic nitrogens is 2. The predicted octanol–water partition coefficient (Wildman–Crippen LogP) is 2.00. The quantitative estimate of drug-likeness (QED) is 0.850. The summed E-state index contributed by atoms with van der Waals surface area (Å²) >= 11 is 1.21. The van der Waals surface area contributed by atoms with Gasteiger partial charge in [-0.05, 0) is 6.07 Å². The first-order valence-corrected chi connectivity index (χ1v) is 6.89. The average molecular weight is 307 g/mol. The van der Waals surface area contributed by atoms with Gasteiger partial charge >= 0.3 is 12.1 Å². The van der Waals surface area contributed by atoms with Crippen LogP contribution in [0.3, 0.4) is 0 Å². The van der Waals surface area contributed by atoms with Gasteiger partial charge in [-0.1, -0.05) is 6.07 Å². The van der Waals surface area contributed by atoms with Crippen LogP contribution in [0.25, 0.3) is 0 Å². The van der Waals surface area contributed by atoms with Gasteiger partial charge in [0.2, 0.25) is 0 Å². The Kier molecular flexibility index (Phi) is 5.22. The normalized spacial score (nSPS) is 9.95. The molecule has 0 aliphatic heterocycles. The third-order valence-corrected chi connectivity index (χ3v) is 3.21. The van der Waals surface area contributed by atoms with Gasteiger partial charge in [-0.15, -0.1) is 11.3 Å². The number of amides is 1. The predicted molar refractivity (Wildman–Crippen MR) is 75.9 cm³/mol. The zero-order valence-electron chi connectivity index (χ0n) is 11.2. The SMILES string of the molecule is COC(=O)Cc1csc(NC(=O)OCc2cccnc2)n1. The largest absolute Gasteiger partial charge is 0.469 e. The summed E-state index contributed by atoms with van der Waals surface area (Å²) < 4.78 is 9.57. The molecule has 0 bridgehead atoms. The van der Waals surface area contributed by atoms with Crippen LogP contribution in [0.1, 0.15) is 11.3 Å². The van der Waals surface area contributed by atoms with Crippen LogP contribution in [0.4, 0.5) is 9.93 Å². The summed E-state index contributed by atoms with van der Waals surface area (Å²) in [7, 11) is 1.31. The van der Waals surface area contributed by atoms with E-state index in [1.54, 1.807) is 29.9 Å². The van der Waals surface area contributed by atoms with Crippen molar-refractivity contribution >= 4 is 28.5 Å². The van der Waals surface area contributed by atoms with Crippen molar-refractivity contribution in [3.05, 3.63) is 41.2 Å². The number of nitrogens with zero attached hydrogens (tertiary/aromatic N) is 2. The van der Waals surface area contributed by atoms with Crippen molar-refractivity contribution in [3.8, 4) is 0 Å². The molecule has 2 heterocycles. The number of methoxy groups -OCH3 is 1.